The molecule has 6 nitrogen and oxygen atoms in total. The van der Waals surface area contributed by atoms with Gasteiger partial charge >= 0.3 is 5.97 Å². The maximum atomic E-state index is 12.4. The van der Waals surface area contributed by atoms with Crippen molar-refractivity contribution in [3.05, 3.63) is 17.5 Å². The number of likely N-dealkylation sites (tertiary alicyclic amines) is 1. The Hall–Kier alpha value is -1.85. The number of hydrogen-bond donors (Lipinski definition) is 1. The summed E-state index contributed by atoms with van der Waals surface area (Å²) < 4.78 is 1.72. The lowest BCUT2D eigenvalue weighted by atomic mass is 9.96. The van der Waals surface area contributed by atoms with Crippen LogP contribution in [-0.2, 0) is 11.3 Å². The molecule has 0 saturated carbocycles. The molecular formula is C14H21N3O3. The molecule has 20 heavy (non-hydrogen) atoms. The molecule has 0 atom stereocenters. The Kier molecular flexibility index (Phi) is 4.11. The molecule has 1 aromatic heterocycles. The second kappa shape index (κ2) is 5.64. The molecule has 1 aliphatic heterocycles. The molecule has 0 aliphatic carbocycles. The van der Waals surface area contributed by atoms with E-state index in [2.05, 4.69) is 5.10 Å². The highest BCUT2D eigenvalue weighted by Crippen LogP contribution is 2.23. The van der Waals surface area contributed by atoms with E-state index in [1.54, 1.807) is 9.58 Å². The van der Waals surface area contributed by atoms with Crippen molar-refractivity contribution in [2.45, 2.75) is 39.7 Å². The van der Waals surface area contributed by atoms with Crippen LogP contribution in [0.5, 0.6) is 0 Å². The molecule has 110 valence electrons. The van der Waals surface area contributed by atoms with E-state index >= 15 is 0 Å². The van der Waals surface area contributed by atoms with Crippen molar-refractivity contribution in [2.24, 2.45) is 5.92 Å². The molecule has 2 heterocycles. The molecule has 0 radical (unpaired) electrons. The molecule has 1 aliphatic rings. The molecule has 0 bridgehead atoms. The van der Waals surface area contributed by atoms with Gasteiger partial charge in [-0.1, -0.05) is 13.8 Å². The SMILES string of the molecule is CCn1nc(C(C)C)cc1C(=O)N1CC(CC(=O)O)C1. The van der Waals surface area contributed by atoms with E-state index < -0.39 is 5.97 Å². The van der Waals surface area contributed by atoms with Gasteiger partial charge in [0.25, 0.3) is 5.91 Å². The molecule has 1 amide bonds. The lowest BCUT2D eigenvalue weighted by molar-refractivity contribution is -0.139. The standard InChI is InChI=1S/C14H21N3O3/c1-4-17-12(6-11(15-17)9(2)3)14(20)16-7-10(8-16)5-13(18)19/h6,9-10H,4-5,7-8H2,1-3H3,(H,18,19). The first kappa shape index (κ1) is 14.6. The van der Waals surface area contributed by atoms with Crippen LogP contribution in [0.1, 0.15) is 49.3 Å². The van der Waals surface area contributed by atoms with Gasteiger partial charge in [-0.05, 0) is 18.9 Å². The van der Waals surface area contributed by atoms with Gasteiger partial charge in [0.2, 0.25) is 0 Å². The van der Waals surface area contributed by atoms with E-state index in [0.29, 0.717) is 25.3 Å². The van der Waals surface area contributed by atoms with Gasteiger partial charge in [-0.15, -0.1) is 0 Å². The summed E-state index contributed by atoms with van der Waals surface area (Å²) in [6.07, 6.45) is 0.133. The lowest BCUT2D eigenvalue weighted by Gasteiger charge is -2.38. The van der Waals surface area contributed by atoms with Crippen molar-refractivity contribution in [1.82, 2.24) is 14.7 Å². The fourth-order valence-electron chi connectivity index (χ4n) is 2.41. The molecule has 1 aromatic rings. The van der Waals surface area contributed by atoms with Gasteiger partial charge in [-0.3, -0.25) is 14.3 Å². The lowest BCUT2D eigenvalue weighted by Crippen LogP contribution is -2.51. The Labute approximate surface area is 118 Å². The highest BCUT2D eigenvalue weighted by Gasteiger charge is 2.34. The van der Waals surface area contributed by atoms with Gasteiger partial charge in [-0.25, -0.2) is 0 Å². The summed E-state index contributed by atoms with van der Waals surface area (Å²) in [7, 11) is 0. The van der Waals surface area contributed by atoms with E-state index in [-0.39, 0.29) is 24.2 Å². The summed E-state index contributed by atoms with van der Waals surface area (Å²) in [5.74, 6) is -0.486. The third-order valence-corrected chi connectivity index (χ3v) is 3.62. The quantitative estimate of drug-likeness (QED) is 0.887. The third kappa shape index (κ3) is 2.84. The zero-order valence-corrected chi connectivity index (χ0v) is 12.2. The minimum atomic E-state index is -0.803. The van der Waals surface area contributed by atoms with E-state index in [0.717, 1.165) is 5.69 Å². The van der Waals surface area contributed by atoms with Crippen molar-refractivity contribution in [3.63, 3.8) is 0 Å². The van der Waals surface area contributed by atoms with E-state index in [1.807, 2.05) is 26.8 Å². The number of carboxylic acids is 1. The van der Waals surface area contributed by atoms with Crippen molar-refractivity contribution in [1.29, 1.82) is 0 Å². The summed E-state index contributed by atoms with van der Waals surface area (Å²) in [6.45, 7) is 7.75. The summed E-state index contributed by atoms with van der Waals surface area (Å²) in [4.78, 5) is 24.7. The number of carbonyl (C=O) groups excluding carboxylic acids is 1. The number of carboxylic acid groups (broad SMARTS) is 1. The third-order valence-electron chi connectivity index (χ3n) is 3.62. The van der Waals surface area contributed by atoms with Crippen molar-refractivity contribution < 1.29 is 14.7 Å². The molecule has 1 saturated heterocycles. The summed E-state index contributed by atoms with van der Waals surface area (Å²) in [5, 5.41) is 13.2. The Bertz CT molecular complexity index is 516. The van der Waals surface area contributed by atoms with Crippen LogP contribution >= 0.6 is 0 Å². The van der Waals surface area contributed by atoms with Crippen LogP contribution in [0.15, 0.2) is 6.07 Å². The van der Waals surface area contributed by atoms with Gasteiger partial charge in [0.15, 0.2) is 0 Å². The number of aromatic nitrogens is 2. The number of aryl methyl sites for hydroxylation is 1. The molecule has 0 spiro atoms. The van der Waals surface area contributed by atoms with Gasteiger partial charge in [0.1, 0.15) is 5.69 Å². The van der Waals surface area contributed by atoms with Crippen molar-refractivity contribution >= 4 is 11.9 Å². The molecule has 2 rings (SSSR count). The summed E-state index contributed by atoms with van der Waals surface area (Å²) in [5.41, 5.74) is 1.52. The van der Waals surface area contributed by atoms with Crippen molar-refractivity contribution in [2.75, 3.05) is 13.1 Å². The number of amides is 1. The van der Waals surface area contributed by atoms with Crippen LogP contribution in [0.2, 0.25) is 0 Å². The van der Waals surface area contributed by atoms with Crippen LogP contribution in [0.3, 0.4) is 0 Å². The number of aliphatic carboxylic acids is 1. The summed E-state index contributed by atoms with van der Waals surface area (Å²) >= 11 is 0. The highest BCUT2D eigenvalue weighted by atomic mass is 16.4. The second-order valence-electron chi connectivity index (χ2n) is 5.60. The van der Waals surface area contributed by atoms with Gasteiger partial charge in [-0.2, -0.15) is 5.10 Å². The normalized spacial score (nSPS) is 15.5. The monoisotopic (exact) mass is 279 g/mol. The molecule has 6 heteroatoms. The van der Waals surface area contributed by atoms with E-state index in [9.17, 15) is 9.59 Å². The van der Waals surface area contributed by atoms with E-state index in [1.165, 1.54) is 0 Å². The topological polar surface area (TPSA) is 75.4 Å². The zero-order valence-electron chi connectivity index (χ0n) is 12.2. The molecule has 0 aromatic carbocycles. The fraction of sp³-hybridized carbons (Fsp3) is 0.643. The Morgan fingerprint density at radius 1 is 1.45 bits per heavy atom. The smallest absolute Gasteiger partial charge is 0.303 e. The predicted molar refractivity (Wildman–Crippen MR) is 73.6 cm³/mol. The molecule has 1 fully saturated rings. The first-order valence-electron chi connectivity index (χ1n) is 7.01. The highest BCUT2D eigenvalue weighted by molar-refractivity contribution is 5.93. The zero-order chi connectivity index (χ0) is 14.9. The minimum Gasteiger partial charge on any atom is -0.481 e. The van der Waals surface area contributed by atoms with E-state index in [4.69, 9.17) is 5.11 Å². The summed E-state index contributed by atoms with van der Waals surface area (Å²) in [6, 6.07) is 1.85. The number of rotatable bonds is 5. The molecular weight excluding hydrogens is 258 g/mol. The van der Waals surface area contributed by atoms with Crippen LogP contribution in [0.4, 0.5) is 0 Å². The fourth-order valence-corrected chi connectivity index (χ4v) is 2.41. The maximum absolute atomic E-state index is 12.4. The largest absolute Gasteiger partial charge is 0.481 e. The predicted octanol–water partition coefficient (Wildman–Crippen LogP) is 1.57. The average molecular weight is 279 g/mol. The molecule has 1 N–H and O–H groups in total. The first-order valence-corrected chi connectivity index (χ1v) is 7.01. The number of nitrogens with zero attached hydrogens (tertiary/aromatic N) is 3. The average Bonchev–Trinajstić information content (AvgIpc) is 2.76. The van der Waals surface area contributed by atoms with Gasteiger partial charge in [0.05, 0.1) is 12.1 Å². The van der Waals surface area contributed by atoms with Crippen molar-refractivity contribution in [3.8, 4) is 0 Å². The Morgan fingerprint density at radius 2 is 2.10 bits per heavy atom. The van der Waals surface area contributed by atoms with Crippen LogP contribution < -0.4 is 0 Å². The second-order valence-corrected chi connectivity index (χ2v) is 5.60. The number of hydrogen-bond acceptors (Lipinski definition) is 3. The Balaban J connectivity index is 2.05. The first-order chi connectivity index (χ1) is 9.42. The number of carbonyl (C=O) groups is 2. The van der Waals surface area contributed by atoms with Crippen LogP contribution in [0.25, 0.3) is 0 Å². The van der Waals surface area contributed by atoms with Gasteiger partial charge < -0.3 is 10.0 Å². The van der Waals surface area contributed by atoms with Crippen LogP contribution in [-0.4, -0.2) is 44.8 Å². The van der Waals surface area contributed by atoms with Gasteiger partial charge in [0, 0.05) is 25.6 Å². The minimum absolute atomic E-state index is 0.0483. The van der Waals surface area contributed by atoms with Crippen LogP contribution in [0, 0.1) is 5.92 Å². The molecule has 0 unspecified atom stereocenters. The maximum Gasteiger partial charge on any atom is 0.303 e. The Morgan fingerprint density at radius 3 is 2.60 bits per heavy atom.